The molecule has 1 amide bonds. The van der Waals surface area contributed by atoms with E-state index in [4.69, 9.17) is 0 Å². The van der Waals surface area contributed by atoms with Crippen LogP contribution in [0.3, 0.4) is 0 Å². The highest BCUT2D eigenvalue weighted by molar-refractivity contribution is 9.10. The minimum absolute atomic E-state index is 0.238. The van der Waals surface area contributed by atoms with Crippen molar-refractivity contribution in [2.24, 2.45) is 0 Å². The number of pyridine rings is 1. The fourth-order valence-corrected chi connectivity index (χ4v) is 1.98. The molecule has 1 aromatic carbocycles. The van der Waals surface area contributed by atoms with Gasteiger partial charge in [0.1, 0.15) is 16.1 Å². The van der Waals surface area contributed by atoms with Crippen LogP contribution in [0.2, 0.25) is 0 Å². The largest absolute Gasteiger partial charge is 0.350 e. The van der Waals surface area contributed by atoms with Gasteiger partial charge in [-0.25, -0.2) is 9.37 Å². The number of aromatic nitrogens is 1. The van der Waals surface area contributed by atoms with Gasteiger partial charge < -0.3 is 5.32 Å². The van der Waals surface area contributed by atoms with Crippen LogP contribution < -0.4 is 5.32 Å². The van der Waals surface area contributed by atoms with Crippen LogP contribution in [0, 0.1) is 5.82 Å². The quantitative estimate of drug-likeness (QED) is 0.879. The first kappa shape index (κ1) is 13.7. The maximum absolute atomic E-state index is 13.0. The topological polar surface area (TPSA) is 42.0 Å². The van der Waals surface area contributed by atoms with Crippen LogP contribution in [0.4, 0.5) is 4.39 Å². The van der Waals surface area contributed by atoms with Crippen LogP contribution in [0.25, 0.3) is 0 Å². The van der Waals surface area contributed by atoms with Crippen LogP contribution in [-0.4, -0.2) is 17.4 Å². The van der Waals surface area contributed by atoms with Crippen molar-refractivity contribution in [3.63, 3.8) is 0 Å². The van der Waals surface area contributed by atoms with Gasteiger partial charge in [0.2, 0.25) is 0 Å². The van der Waals surface area contributed by atoms with Crippen molar-refractivity contribution in [2.45, 2.75) is 6.42 Å². The number of hydrogen-bond donors (Lipinski definition) is 1. The molecule has 98 valence electrons. The fraction of sp³-hybridized carbons (Fsp3) is 0.143. The van der Waals surface area contributed by atoms with E-state index in [9.17, 15) is 9.18 Å². The summed E-state index contributed by atoms with van der Waals surface area (Å²) in [6, 6.07) is 11.5. The lowest BCUT2D eigenvalue weighted by atomic mass is 10.1. The number of nitrogens with one attached hydrogen (secondary N) is 1. The monoisotopic (exact) mass is 322 g/mol. The molecule has 0 aliphatic carbocycles. The molecular weight excluding hydrogens is 311 g/mol. The first-order chi connectivity index (χ1) is 9.15. The third kappa shape index (κ3) is 4.13. The predicted molar refractivity (Wildman–Crippen MR) is 74.4 cm³/mol. The van der Waals surface area contributed by atoms with E-state index >= 15 is 0 Å². The Hall–Kier alpha value is -1.75. The van der Waals surface area contributed by atoms with Crippen LogP contribution in [0.5, 0.6) is 0 Å². The zero-order valence-electron chi connectivity index (χ0n) is 10.1. The zero-order valence-corrected chi connectivity index (χ0v) is 11.7. The van der Waals surface area contributed by atoms with E-state index in [0.29, 0.717) is 23.3 Å². The number of carbonyl (C=O) groups is 1. The highest BCUT2D eigenvalue weighted by Gasteiger charge is 2.06. The molecule has 0 bridgehead atoms. The summed E-state index contributed by atoms with van der Waals surface area (Å²) in [6.45, 7) is 0.441. The van der Waals surface area contributed by atoms with E-state index in [0.717, 1.165) is 5.56 Å². The minimum atomic E-state index is -0.266. The average molecular weight is 323 g/mol. The first-order valence-electron chi connectivity index (χ1n) is 5.80. The van der Waals surface area contributed by atoms with Gasteiger partial charge in [-0.3, -0.25) is 4.79 Å². The van der Waals surface area contributed by atoms with Crippen LogP contribution in [0.1, 0.15) is 16.1 Å². The third-order valence-electron chi connectivity index (χ3n) is 2.54. The summed E-state index contributed by atoms with van der Waals surface area (Å²) in [5.41, 5.74) is 1.20. The van der Waals surface area contributed by atoms with E-state index in [1.54, 1.807) is 24.3 Å². The number of hydrogen-bond acceptors (Lipinski definition) is 2. The molecule has 3 nitrogen and oxygen atoms in total. The molecule has 0 aliphatic heterocycles. The van der Waals surface area contributed by atoms with Crippen molar-refractivity contribution < 1.29 is 9.18 Å². The van der Waals surface area contributed by atoms with Crippen molar-refractivity contribution in [1.29, 1.82) is 0 Å². The highest BCUT2D eigenvalue weighted by atomic mass is 79.9. The van der Waals surface area contributed by atoms with Gasteiger partial charge in [0.15, 0.2) is 0 Å². The second kappa shape index (κ2) is 6.43. The number of nitrogens with zero attached hydrogens (tertiary/aromatic N) is 1. The Morgan fingerprint density at radius 3 is 2.79 bits per heavy atom. The Morgan fingerprint density at radius 1 is 1.26 bits per heavy atom. The van der Waals surface area contributed by atoms with E-state index in [-0.39, 0.29) is 11.7 Å². The van der Waals surface area contributed by atoms with Crippen LogP contribution in [0.15, 0.2) is 47.1 Å². The molecule has 1 heterocycles. The Morgan fingerprint density at radius 2 is 2.05 bits per heavy atom. The number of rotatable bonds is 4. The van der Waals surface area contributed by atoms with Gasteiger partial charge in [-0.1, -0.05) is 18.2 Å². The summed E-state index contributed by atoms with van der Waals surface area (Å²) in [5.74, 6) is -0.504. The lowest BCUT2D eigenvalue weighted by Gasteiger charge is -2.05. The van der Waals surface area contributed by atoms with Gasteiger partial charge in [0.05, 0.1) is 0 Å². The number of carbonyl (C=O) groups excluding carboxylic acids is 1. The molecule has 19 heavy (non-hydrogen) atoms. The van der Waals surface area contributed by atoms with Gasteiger partial charge >= 0.3 is 0 Å². The Balaban J connectivity index is 1.87. The lowest BCUT2D eigenvalue weighted by molar-refractivity contribution is 0.0949. The summed E-state index contributed by atoms with van der Waals surface area (Å²) in [6.07, 6.45) is 0.581. The molecule has 0 unspecified atom stereocenters. The summed E-state index contributed by atoms with van der Waals surface area (Å²) >= 11 is 3.21. The van der Waals surface area contributed by atoms with Crippen molar-refractivity contribution in [1.82, 2.24) is 10.3 Å². The molecule has 0 radical (unpaired) electrons. The molecule has 0 spiro atoms. The summed E-state index contributed by atoms with van der Waals surface area (Å²) < 4.78 is 13.6. The van der Waals surface area contributed by atoms with Gasteiger partial charge in [0, 0.05) is 6.54 Å². The molecule has 0 fully saturated rings. The van der Waals surface area contributed by atoms with Crippen molar-refractivity contribution in [3.8, 4) is 0 Å². The molecule has 2 rings (SSSR count). The molecule has 1 N–H and O–H groups in total. The smallest absolute Gasteiger partial charge is 0.269 e. The maximum atomic E-state index is 13.0. The predicted octanol–water partition coefficient (Wildman–Crippen LogP) is 2.96. The van der Waals surface area contributed by atoms with Gasteiger partial charge in [-0.15, -0.1) is 0 Å². The van der Waals surface area contributed by atoms with Gasteiger partial charge in [-0.05, 0) is 52.2 Å². The van der Waals surface area contributed by atoms with E-state index in [1.807, 2.05) is 6.07 Å². The standard InChI is InChI=1S/C14H12BrFN2O/c15-13-6-2-5-12(18-13)14(19)17-8-7-10-3-1-4-11(16)9-10/h1-6,9H,7-8H2,(H,17,19). The summed E-state index contributed by atoms with van der Waals surface area (Å²) in [5, 5.41) is 2.75. The third-order valence-corrected chi connectivity index (χ3v) is 2.98. The van der Waals surface area contributed by atoms with E-state index in [2.05, 4.69) is 26.2 Å². The molecule has 0 saturated heterocycles. The molecule has 0 atom stereocenters. The van der Waals surface area contributed by atoms with Gasteiger partial charge in [-0.2, -0.15) is 0 Å². The Kier molecular flexibility index (Phi) is 4.63. The van der Waals surface area contributed by atoms with Crippen molar-refractivity contribution >= 4 is 21.8 Å². The number of benzene rings is 1. The van der Waals surface area contributed by atoms with Gasteiger partial charge in [0.25, 0.3) is 5.91 Å². The zero-order chi connectivity index (χ0) is 13.7. The van der Waals surface area contributed by atoms with Crippen molar-refractivity contribution in [2.75, 3.05) is 6.54 Å². The summed E-state index contributed by atoms with van der Waals surface area (Å²) in [7, 11) is 0. The van der Waals surface area contributed by atoms with E-state index in [1.165, 1.54) is 12.1 Å². The SMILES string of the molecule is O=C(NCCc1cccc(F)c1)c1cccc(Br)n1. The van der Waals surface area contributed by atoms with Crippen molar-refractivity contribution in [3.05, 3.63) is 64.1 Å². The van der Waals surface area contributed by atoms with Crippen LogP contribution in [-0.2, 0) is 6.42 Å². The molecule has 5 heteroatoms. The molecule has 0 aliphatic rings. The molecule has 2 aromatic rings. The molecule has 1 aromatic heterocycles. The fourth-order valence-electron chi connectivity index (χ4n) is 1.64. The number of halogens is 2. The first-order valence-corrected chi connectivity index (χ1v) is 6.59. The number of amides is 1. The summed E-state index contributed by atoms with van der Waals surface area (Å²) in [4.78, 5) is 15.8. The van der Waals surface area contributed by atoms with Crippen LogP contribution >= 0.6 is 15.9 Å². The molecular formula is C14H12BrFN2O. The highest BCUT2D eigenvalue weighted by Crippen LogP contribution is 2.06. The Labute approximate surface area is 119 Å². The molecule has 0 saturated carbocycles. The van der Waals surface area contributed by atoms with E-state index < -0.39 is 0 Å². The Bertz CT molecular complexity index is 589. The minimum Gasteiger partial charge on any atom is -0.350 e. The normalized spacial score (nSPS) is 10.2. The average Bonchev–Trinajstić information content (AvgIpc) is 2.38. The maximum Gasteiger partial charge on any atom is 0.269 e. The second-order valence-corrected chi connectivity index (χ2v) is 4.79. The lowest BCUT2D eigenvalue weighted by Crippen LogP contribution is -2.26. The second-order valence-electron chi connectivity index (χ2n) is 3.98.